The van der Waals surface area contributed by atoms with E-state index in [4.69, 9.17) is 0 Å². The first-order valence-electron chi connectivity index (χ1n) is 6.15. The highest BCUT2D eigenvalue weighted by Gasteiger charge is 2.09. The molecule has 0 spiro atoms. The van der Waals surface area contributed by atoms with Gasteiger partial charge in [-0.3, -0.25) is 4.79 Å². The molecular formula is C14H12N4OS. The molecule has 3 rings (SSSR count). The number of benzene rings is 1. The number of imidazole rings is 1. The van der Waals surface area contributed by atoms with E-state index in [0.717, 1.165) is 16.1 Å². The molecule has 1 N–H and O–H groups in total. The third-order valence-electron chi connectivity index (χ3n) is 2.80. The van der Waals surface area contributed by atoms with E-state index in [0.29, 0.717) is 17.8 Å². The lowest BCUT2D eigenvalue weighted by Gasteiger charge is -2.02. The number of ketones is 1. The highest BCUT2D eigenvalue weighted by molar-refractivity contribution is 8.00. The number of rotatable bonds is 5. The number of H-pyrrole nitrogens is 1. The van der Waals surface area contributed by atoms with Gasteiger partial charge in [0.25, 0.3) is 0 Å². The number of thioether (sulfide) groups is 1. The largest absolute Gasteiger partial charge is 0.341 e. The van der Waals surface area contributed by atoms with Gasteiger partial charge in [0.2, 0.25) is 0 Å². The number of aromatic nitrogens is 4. The van der Waals surface area contributed by atoms with Crippen molar-refractivity contribution in [3.8, 4) is 0 Å². The molecule has 0 amide bonds. The lowest BCUT2D eigenvalue weighted by atomic mass is 10.1. The van der Waals surface area contributed by atoms with Crippen LogP contribution in [0.1, 0.15) is 5.56 Å². The second-order valence-corrected chi connectivity index (χ2v) is 5.23. The monoisotopic (exact) mass is 284 g/mol. The molecule has 6 heteroatoms. The minimum Gasteiger partial charge on any atom is -0.341 e. The summed E-state index contributed by atoms with van der Waals surface area (Å²) >= 11 is 1.41. The molecule has 0 aliphatic rings. The van der Waals surface area contributed by atoms with E-state index in [1.54, 1.807) is 6.33 Å². The quantitative estimate of drug-likeness (QED) is 0.575. The van der Waals surface area contributed by atoms with Crippen LogP contribution in [0, 0.1) is 0 Å². The molecule has 2 aromatic heterocycles. The van der Waals surface area contributed by atoms with Crippen LogP contribution in [-0.2, 0) is 11.2 Å². The lowest BCUT2D eigenvalue weighted by molar-refractivity contribution is -0.116. The van der Waals surface area contributed by atoms with Crippen LogP contribution in [-0.4, -0.2) is 31.5 Å². The van der Waals surface area contributed by atoms with Gasteiger partial charge in [-0.1, -0.05) is 42.1 Å². The van der Waals surface area contributed by atoms with Crippen molar-refractivity contribution in [1.82, 2.24) is 19.9 Å². The molecule has 0 fully saturated rings. The summed E-state index contributed by atoms with van der Waals surface area (Å²) in [4.78, 5) is 27.3. The zero-order chi connectivity index (χ0) is 13.8. The van der Waals surface area contributed by atoms with Crippen LogP contribution in [0.3, 0.4) is 0 Å². The van der Waals surface area contributed by atoms with Crippen LogP contribution in [0.4, 0.5) is 0 Å². The number of nitrogens with one attached hydrogen (secondary N) is 1. The van der Waals surface area contributed by atoms with Crippen molar-refractivity contribution in [3.05, 3.63) is 48.5 Å². The van der Waals surface area contributed by atoms with E-state index < -0.39 is 0 Å². The van der Waals surface area contributed by atoms with Gasteiger partial charge < -0.3 is 4.98 Å². The average Bonchev–Trinajstić information content (AvgIpc) is 2.95. The fourth-order valence-electron chi connectivity index (χ4n) is 1.88. The lowest BCUT2D eigenvalue weighted by Crippen LogP contribution is -2.05. The van der Waals surface area contributed by atoms with E-state index in [1.165, 1.54) is 18.1 Å². The number of hydrogen-bond acceptors (Lipinski definition) is 5. The molecule has 0 saturated heterocycles. The Kier molecular flexibility index (Phi) is 3.73. The Labute approximate surface area is 119 Å². The Morgan fingerprint density at radius 1 is 1.15 bits per heavy atom. The van der Waals surface area contributed by atoms with E-state index in [9.17, 15) is 4.79 Å². The van der Waals surface area contributed by atoms with Crippen molar-refractivity contribution in [2.75, 3.05) is 5.75 Å². The number of aromatic amines is 1. The SMILES string of the molecule is O=C(CSc1ncnc2nc[nH]c12)Cc1ccccc1. The number of Topliss-reactive ketones (excluding diaryl/α,β-unsaturated/α-hetero) is 1. The van der Waals surface area contributed by atoms with Gasteiger partial charge in [-0.05, 0) is 5.56 Å². The first-order chi connectivity index (χ1) is 9.83. The molecule has 100 valence electrons. The topological polar surface area (TPSA) is 71.5 Å². The smallest absolute Gasteiger partial charge is 0.181 e. The van der Waals surface area contributed by atoms with Crippen molar-refractivity contribution in [2.24, 2.45) is 0 Å². The third kappa shape index (κ3) is 2.85. The number of carbonyl (C=O) groups is 1. The van der Waals surface area contributed by atoms with Crippen molar-refractivity contribution in [2.45, 2.75) is 11.4 Å². The maximum atomic E-state index is 12.0. The molecule has 0 unspecified atom stereocenters. The predicted octanol–water partition coefficient (Wildman–Crippen LogP) is 2.26. The standard InChI is InChI=1S/C14H12N4OS/c19-11(6-10-4-2-1-3-5-10)7-20-14-12-13(16-8-15-12)17-9-18-14/h1-5,8-9H,6-7H2,(H,15,16,17,18). The Hall–Kier alpha value is -2.21. The highest BCUT2D eigenvalue weighted by atomic mass is 32.2. The molecular weight excluding hydrogens is 272 g/mol. The minimum absolute atomic E-state index is 0.174. The molecule has 0 radical (unpaired) electrons. The fourth-order valence-corrected chi connectivity index (χ4v) is 2.69. The van der Waals surface area contributed by atoms with Crippen LogP contribution in [0.15, 0.2) is 48.0 Å². The van der Waals surface area contributed by atoms with Gasteiger partial charge in [-0.25, -0.2) is 15.0 Å². The van der Waals surface area contributed by atoms with Gasteiger partial charge in [0.15, 0.2) is 5.65 Å². The number of nitrogens with zero attached hydrogens (tertiary/aromatic N) is 3. The molecule has 0 aliphatic heterocycles. The van der Waals surface area contributed by atoms with Crippen molar-refractivity contribution >= 4 is 28.7 Å². The van der Waals surface area contributed by atoms with Crippen LogP contribution < -0.4 is 0 Å². The molecule has 0 aliphatic carbocycles. The second-order valence-electron chi connectivity index (χ2n) is 4.27. The average molecular weight is 284 g/mol. The van der Waals surface area contributed by atoms with Crippen LogP contribution in [0.5, 0.6) is 0 Å². The van der Waals surface area contributed by atoms with Crippen molar-refractivity contribution < 1.29 is 4.79 Å². The van der Waals surface area contributed by atoms with Gasteiger partial charge in [0, 0.05) is 6.42 Å². The Balaban J connectivity index is 1.65. The Morgan fingerprint density at radius 3 is 2.85 bits per heavy atom. The van der Waals surface area contributed by atoms with E-state index in [2.05, 4.69) is 19.9 Å². The summed E-state index contributed by atoms with van der Waals surface area (Å²) in [6, 6.07) is 9.74. The van der Waals surface area contributed by atoms with Gasteiger partial charge in [0.05, 0.1) is 12.1 Å². The van der Waals surface area contributed by atoms with Gasteiger partial charge >= 0.3 is 0 Å². The minimum atomic E-state index is 0.174. The molecule has 5 nitrogen and oxygen atoms in total. The van der Waals surface area contributed by atoms with E-state index in [-0.39, 0.29) is 5.78 Å². The zero-order valence-electron chi connectivity index (χ0n) is 10.6. The Morgan fingerprint density at radius 2 is 2.00 bits per heavy atom. The fraction of sp³-hybridized carbons (Fsp3) is 0.143. The first kappa shape index (κ1) is 12.8. The second kappa shape index (κ2) is 5.83. The first-order valence-corrected chi connectivity index (χ1v) is 7.14. The Bertz CT molecular complexity index is 726. The normalized spacial score (nSPS) is 10.8. The van der Waals surface area contributed by atoms with Gasteiger partial charge in [0.1, 0.15) is 22.7 Å². The number of fused-ring (bicyclic) bond motifs is 1. The molecule has 0 bridgehead atoms. The molecule has 3 aromatic rings. The maximum Gasteiger partial charge on any atom is 0.181 e. The number of hydrogen-bond donors (Lipinski definition) is 1. The number of carbonyl (C=O) groups excluding carboxylic acids is 1. The highest BCUT2D eigenvalue weighted by Crippen LogP contribution is 2.21. The van der Waals surface area contributed by atoms with Crippen molar-refractivity contribution in [1.29, 1.82) is 0 Å². The van der Waals surface area contributed by atoms with Crippen molar-refractivity contribution in [3.63, 3.8) is 0 Å². The van der Waals surface area contributed by atoms with Crippen LogP contribution >= 0.6 is 11.8 Å². The zero-order valence-corrected chi connectivity index (χ0v) is 11.4. The maximum absolute atomic E-state index is 12.0. The molecule has 2 heterocycles. The van der Waals surface area contributed by atoms with E-state index in [1.807, 2.05) is 30.3 Å². The summed E-state index contributed by atoms with van der Waals surface area (Å²) in [6.07, 6.45) is 3.49. The molecule has 1 aromatic carbocycles. The summed E-state index contributed by atoms with van der Waals surface area (Å²) in [5.41, 5.74) is 2.44. The molecule has 20 heavy (non-hydrogen) atoms. The van der Waals surface area contributed by atoms with Gasteiger partial charge in [-0.15, -0.1) is 0 Å². The molecule has 0 saturated carbocycles. The summed E-state index contributed by atoms with van der Waals surface area (Å²) in [5, 5.41) is 0.758. The summed E-state index contributed by atoms with van der Waals surface area (Å²) in [7, 11) is 0. The van der Waals surface area contributed by atoms with Crippen LogP contribution in [0.2, 0.25) is 0 Å². The van der Waals surface area contributed by atoms with Crippen LogP contribution in [0.25, 0.3) is 11.2 Å². The van der Waals surface area contributed by atoms with Gasteiger partial charge in [-0.2, -0.15) is 0 Å². The third-order valence-corrected chi connectivity index (χ3v) is 3.85. The summed E-state index contributed by atoms with van der Waals surface area (Å²) in [5.74, 6) is 0.563. The predicted molar refractivity (Wildman–Crippen MR) is 77.6 cm³/mol. The van der Waals surface area contributed by atoms with E-state index >= 15 is 0 Å². The molecule has 0 atom stereocenters. The summed E-state index contributed by atoms with van der Waals surface area (Å²) < 4.78 is 0. The summed E-state index contributed by atoms with van der Waals surface area (Å²) in [6.45, 7) is 0.